The van der Waals surface area contributed by atoms with Crippen molar-refractivity contribution in [3.63, 3.8) is 0 Å². The number of aromatic amines is 1. The summed E-state index contributed by atoms with van der Waals surface area (Å²) in [6.07, 6.45) is -0.288. The first kappa shape index (κ1) is 25.6. The van der Waals surface area contributed by atoms with Crippen LogP contribution in [0.2, 0.25) is 10.0 Å². The lowest BCUT2D eigenvalue weighted by Gasteiger charge is -2.46. The molecule has 2 aliphatic heterocycles. The van der Waals surface area contributed by atoms with Gasteiger partial charge in [0, 0.05) is 28.1 Å². The van der Waals surface area contributed by atoms with Gasteiger partial charge in [-0.05, 0) is 61.4 Å². The van der Waals surface area contributed by atoms with Gasteiger partial charge >= 0.3 is 5.69 Å². The Hall–Kier alpha value is -3.69. The normalized spacial score (nSPS) is 21.7. The summed E-state index contributed by atoms with van der Waals surface area (Å²) in [5.74, 6) is -3.29. The van der Waals surface area contributed by atoms with E-state index >= 15 is 4.39 Å². The molecule has 7 nitrogen and oxygen atoms in total. The van der Waals surface area contributed by atoms with Gasteiger partial charge in [0.25, 0.3) is 0 Å². The van der Waals surface area contributed by atoms with Gasteiger partial charge in [0.15, 0.2) is 11.6 Å². The molecule has 2 N–H and O–H groups in total. The summed E-state index contributed by atoms with van der Waals surface area (Å²) in [5, 5.41) is 10.3. The highest BCUT2D eigenvalue weighted by Crippen LogP contribution is 2.60. The first-order valence-corrected chi connectivity index (χ1v) is 13.1. The van der Waals surface area contributed by atoms with Crippen molar-refractivity contribution in [2.75, 3.05) is 5.32 Å². The summed E-state index contributed by atoms with van der Waals surface area (Å²) < 4.78 is 38.2. The SMILES string of the molecule is CC(C)Oc1ccc(F)c(F)c1[C@H]1n2c(n[nH]c2=O)CC(c2cccc(Cl)c2)[C@]12C(=O)Nc1cc(Cl)ccc12. The zero-order chi connectivity index (χ0) is 27.6. The summed E-state index contributed by atoms with van der Waals surface area (Å²) in [7, 11) is 0. The Kier molecular flexibility index (Phi) is 6.04. The van der Waals surface area contributed by atoms with Crippen LogP contribution in [0.1, 0.15) is 48.3 Å². The number of amides is 1. The highest BCUT2D eigenvalue weighted by atomic mass is 35.5. The molecule has 0 saturated heterocycles. The molecule has 0 fully saturated rings. The van der Waals surface area contributed by atoms with E-state index in [4.69, 9.17) is 27.9 Å². The number of ether oxygens (including phenoxy) is 1. The fraction of sp³-hybridized carbons (Fsp3) is 0.250. The maximum absolute atomic E-state index is 16.1. The van der Waals surface area contributed by atoms with Crippen LogP contribution >= 0.6 is 23.2 Å². The summed E-state index contributed by atoms with van der Waals surface area (Å²) in [4.78, 5) is 27.7. The van der Waals surface area contributed by atoms with Crippen molar-refractivity contribution < 1.29 is 18.3 Å². The van der Waals surface area contributed by atoms with E-state index in [1.165, 1.54) is 10.6 Å². The van der Waals surface area contributed by atoms with E-state index in [1.54, 1.807) is 50.2 Å². The Morgan fingerprint density at radius 2 is 1.85 bits per heavy atom. The molecule has 4 aromatic rings. The van der Waals surface area contributed by atoms with Crippen LogP contribution < -0.4 is 15.7 Å². The molecule has 1 amide bonds. The molecule has 0 bridgehead atoms. The summed E-state index contributed by atoms with van der Waals surface area (Å²) in [6.45, 7) is 3.48. The third-order valence-electron chi connectivity index (χ3n) is 7.43. The maximum Gasteiger partial charge on any atom is 0.343 e. The average molecular weight is 571 g/mol. The standard InChI is InChI=1S/C28H22Cl2F2N4O3/c1-13(2)39-21-9-8-19(31)24(32)23(21)25-28(17-7-6-16(30)11-20(17)33-26(28)37)18(14-4-3-5-15(29)10-14)12-22-34-35-27(38)36(22)25/h3-11,13,18,25H,12H2,1-2H3,(H,33,37)(H,35,38)/t18?,25-,28+/m1/s1. The van der Waals surface area contributed by atoms with E-state index in [2.05, 4.69) is 15.5 Å². The number of carbonyl (C=O) groups is 1. The number of rotatable bonds is 4. The van der Waals surface area contributed by atoms with Gasteiger partial charge in [0.1, 0.15) is 17.0 Å². The molecule has 2 aliphatic rings. The second-order valence-electron chi connectivity index (χ2n) is 9.98. The third kappa shape index (κ3) is 3.78. The Morgan fingerprint density at radius 3 is 2.59 bits per heavy atom. The zero-order valence-corrected chi connectivity index (χ0v) is 22.3. The molecule has 1 unspecified atom stereocenters. The molecule has 0 saturated carbocycles. The van der Waals surface area contributed by atoms with Gasteiger partial charge in [-0.15, -0.1) is 0 Å². The van der Waals surface area contributed by atoms with Crippen LogP contribution in [0.5, 0.6) is 5.75 Å². The number of anilines is 1. The van der Waals surface area contributed by atoms with E-state index in [-0.39, 0.29) is 23.6 Å². The van der Waals surface area contributed by atoms with Crippen LogP contribution in [-0.2, 0) is 16.6 Å². The molecule has 0 aliphatic carbocycles. The van der Waals surface area contributed by atoms with Gasteiger partial charge in [-0.3, -0.25) is 9.36 Å². The van der Waals surface area contributed by atoms with Gasteiger partial charge in [0.2, 0.25) is 5.91 Å². The van der Waals surface area contributed by atoms with Gasteiger partial charge in [-0.1, -0.05) is 41.4 Å². The predicted octanol–water partition coefficient (Wildman–Crippen LogP) is 5.76. The number of nitrogens with one attached hydrogen (secondary N) is 2. The molecule has 1 spiro atoms. The Morgan fingerprint density at radius 1 is 1.08 bits per heavy atom. The fourth-order valence-electron chi connectivity index (χ4n) is 6.05. The van der Waals surface area contributed by atoms with Gasteiger partial charge < -0.3 is 10.1 Å². The van der Waals surface area contributed by atoms with Crippen LogP contribution in [0, 0.1) is 11.6 Å². The molecule has 39 heavy (non-hydrogen) atoms. The largest absolute Gasteiger partial charge is 0.491 e. The number of benzene rings is 3. The monoisotopic (exact) mass is 570 g/mol. The minimum atomic E-state index is -1.64. The van der Waals surface area contributed by atoms with Crippen molar-refractivity contribution >= 4 is 34.8 Å². The lowest BCUT2D eigenvalue weighted by atomic mass is 9.59. The number of halogens is 4. The van der Waals surface area contributed by atoms with Crippen molar-refractivity contribution in [1.82, 2.24) is 14.8 Å². The average Bonchev–Trinajstić information content (AvgIpc) is 3.38. The van der Waals surface area contributed by atoms with E-state index < -0.39 is 46.7 Å². The molecule has 0 radical (unpaired) electrons. The smallest absolute Gasteiger partial charge is 0.343 e. The molecule has 3 aromatic carbocycles. The van der Waals surface area contributed by atoms with Gasteiger partial charge in [-0.2, -0.15) is 5.10 Å². The molecule has 11 heteroatoms. The van der Waals surface area contributed by atoms with Crippen LogP contribution in [-0.4, -0.2) is 26.8 Å². The second kappa shape index (κ2) is 9.20. The number of aromatic nitrogens is 3. The summed E-state index contributed by atoms with van der Waals surface area (Å²) in [5.41, 5.74) is -1.03. The first-order chi connectivity index (χ1) is 18.6. The number of nitrogens with zero attached hydrogens (tertiary/aromatic N) is 2. The van der Waals surface area contributed by atoms with Crippen LogP contribution in [0.3, 0.4) is 0 Å². The number of carbonyl (C=O) groups excluding carboxylic acids is 1. The summed E-state index contributed by atoms with van der Waals surface area (Å²) >= 11 is 12.7. The Bertz CT molecular complexity index is 1700. The third-order valence-corrected chi connectivity index (χ3v) is 7.90. The van der Waals surface area contributed by atoms with E-state index in [9.17, 15) is 14.0 Å². The van der Waals surface area contributed by atoms with Crippen molar-refractivity contribution in [2.24, 2.45) is 0 Å². The van der Waals surface area contributed by atoms with Crippen LogP contribution in [0.25, 0.3) is 0 Å². The van der Waals surface area contributed by atoms with E-state index in [0.29, 0.717) is 26.9 Å². The quantitative estimate of drug-likeness (QED) is 0.326. The lowest BCUT2D eigenvalue weighted by Crippen LogP contribution is -2.54. The van der Waals surface area contributed by atoms with E-state index in [0.717, 1.165) is 6.07 Å². The minimum Gasteiger partial charge on any atom is -0.491 e. The molecule has 6 rings (SSSR count). The van der Waals surface area contributed by atoms with Gasteiger partial charge in [0.05, 0.1) is 17.7 Å². The molecular weight excluding hydrogens is 549 g/mol. The second-order valence-corrected chi connectivity index (χ2v) is 10.9. The molecule has 3 atom stereocenters. The maximum atomic E-state index is 16.1. The number of fused-ring (bicyclic) bond motifs is 3. The Labute approximate surface area is 231 Å². The van der Waals surface area contributed by atoms with Gasteiger partial charge in [-0.25, -0.2) is 18.7 Å². The molecule has 200 valence electrons. The fourth-order valence-corrected chi connectivity index (χ4v) is 6.42. The summed E-state index contributed by atoms with van der Waals surface area (Å²) in [6, 6.07) is 12.8. The highest BCUT2D eigenvalue weighted by molar-refractivity contribution is 6.31. The van der Waals surface area contributed by atoms with E-state index in [1.807, 2.05) is 6.07 Å². The molecule has 3 heterocycles. The predicted molar refractivity (Wildman–Crippen MR) is 143 cm³/mol. The molecular formula is C28H22Cl2F2N4O3. The number of H-pyrrole nitrogens is 1. The first-order valence-electron chi connectivity index (χ1n) is 12.3. The minimum absolute atomic E-state index is 0.00860. The van der Waals surface area contributed by atoms with Crippen molar-refractivity contribution in [1.29, 1.82) is 0 Å². The van der Waals surface area contributed by atoms with Crippen molar-refractivity contribution in [2.45, 2.75) is 43.7 Å². The van der Waals surface area contributed by atoms with Crippen molar-refractivity contribution in [3.05, 3.63) is 109 Å². The van der Waals surface area contributed by atoms with Crippen LogP contribution in [0.15, 0.2) is 59.4 Å². The topological polar surface area (TPSA) is 89.0 Å². The number of hydrogen-bond donors (Lipinski definition) is 2. The lowest BCUT2D eigenvalue weighted by molar-refractivity contribution is -0.123. The van der Waals surface area contributed by atoms with Crippen molar-refractivity contribution in [3.8, 4) is 5.75 Å². The Balaban J connectivity index is 1.78. The van der Waals surface area contributed by atoms with Crippen LogP contribution in [0.4, 0.5) is 14.5 Å². The zero-order valence-electron chi connectivity index (χ0n) is 20.8. The number of hydrogen-bond acceptors (Lipinski definition) is 4. The molecule has 1 aromatic heterocycles. The highest BCUT2D eigenvalue weighted by Gasteiger charge is 2.63.